The van der Waals surface area contributed by atoms with Crippen molar-refractivity contribution in [2.24, 2.45) is 52.1 Å². The molecule has 8 unspecified atom stereocenters. The van der Waals surface area contributed by atoms with E-state index in [-0.39, 0.29) is 5.54 Å². The van der Waals surface area contributed by atoms with Crippen LogP contribution in [-0.2, 0) is 0 Å². The molecule has 0 aromatic heterocycles. The van der Waals surface area contributed by atoms with E-state index in [9.17, 15) is 0 Å². The zero-order chi connectivity index (χ0) is 20.3. The number of hydrogen-bond donors (Lipinski definition) is 1. The highest BCUT2D eigenvalue weighted by atomic mass is 14.7. The van der Waals surface area contributed by atoms with E-state index in [4.69, 9.17) is 5.73 Å². The van der Waals surface area contributed by atoms with Crippen molar-refractivity contribution in [3.63, 3.8) is 0 Å². The molecule has 0 aromatic carbocycles. The van der Waals surface area contributed by atoms with Crippen molar-refractivity contribution < 1.29 is 0 Å². The zero-order valence-corrected chi connectivity index (χ0v) is 19.7. The van der Waals surface area contributed by atoms with Crippen LogP contribution < -0.4 is 5.73 Å². The van der Waals surface area contributed by atoms with Gasteiger partial charge in [0.2, 0.25) is 0 Å². The molecule has 4 aliphatic carbocycles. The lowest BCUT2D eigenvalue weighted by molar-refractivity contribution is -0.0524. The molecule has 0 aromatic rings. The molecule has 4 aliphatic rings. The highest BCUT2D eigenvalue weighted by Gasteiger charge is 2.58. The average Bonchev–Trinajstić information content (AvgIpc) is 2.97. The first-order valence-electron chi connectivity index (χ1n) is 12.5. The van der Waals surface area contributed by atoms with Gasteiger partial charge in [0, 0.05) is 5.54 Å². The fourth-order valence-corrected chi connectivity index (χ4v) is 8.62. The van der Waals surface area contributed by atoms with Crippen LogP contribution in [0.5, 0.6) is 0 Å². The number of fused-ring (bicyclic) bond motifs is 5. The Kier molecular flexibility index (Phi) is 5.34. The van der Waals surface area contributed by atoms with E-state index in [1.165, 1.54) is 64.2 Å². The highest BCUT2D eigenvalue weighted by molar-refractivity contribution is 5.25. The van der Waals surface area contributed by atoms with Gasteiger partial charge in [-0.3, -0.25) is 0 Å². The van der Waals surface area contributed by atoms with Crippen molar-refractivity contribution in [3.05, 3.63) is 11.6 Å². The summed E-state index contributed by atoms with van der Waals surface area (Å²) in [6.07, 6.45) is 16.8. The molecular weight excluding hydrogens is 338 g/mol. The Morgan fingerprint density at radius 2 is 1.86 bits per heavy atom. The third kappa shape index (κ3) is 3.42. The van der Waals surface area contributed by atoms with Gasteiger partial charge in [0.25, 0.3) is 0 Å². The van der Waals surface area contributed by atoms with Crippen LogP contribution in [0.4, 0.5) is 0 Å². The molecule has 1 nitrogen and oxygen atoms in total. The van der Waals surface area contributed by atoms with Crippen LogP contribution in [0.25, 0.3) is 0 Å². The summed E-state index contributed by atoms with van der Waals surface area (Å²) in [4.78, 5) is 0. The second-order valence-corrected chi connectivity index (χ2v) is 12.8. The second-order valence-electron chi connectivity index (χ2n) is 12.8. The molecule has 0 amide bonds. The molecule has 28 heavy (non-hydrogen) atoms. The Balaban J connectivity index is 1.52. The number of hydrogen-bond acceptors (Lipinski definition) is 1. The molecule has 0 bridgehead atoms. The van der Waals surface area contributed by atoms with Gasteiger partial charge in [-0.1, -0.05) is 39.3 Å². The van der Waals surface area contributed by atoms with Crippen LogP contribution in [0.15, 0.2) is 11.6 Å². The summed E-state index contributed by atoms with van der Waals surface area (Å²) in [5.74, 6) is 5.56. The van der Waals surface area contributed by atoms with Crippen LogP contribution in [0, 0.1) is 46.3 Å². The fourth-order valence-electron chi connectivity index (χ4n) is 8.62. The third-order valence-corrected chi connectivity index (χ3v) is 10.4. The van der Waals surface area contributed by atoms with Gasteiger partial charge >= 0.3 is 0 Å². The molecule has 160 valence electrons. The van der Waals surface area contributed by atoms with Crippen molar-refractivity contribution in [2.45, 2.75) is 111 Å². The van der Waals surface area contributed by atoms with Gasteiger partial charge in [-0.25, -0.2) is 0 Å². The lowest BCUT2D eigenvalue weighted by Crippen LogP contribution is -2.50. The Labute approximate surface area is 175 Å². The van der Waals surface area contributed by atoms with Crippen molar-refractivity contribution in [3.8, 4) is 0 Å². The topological polar surface area (TPSA) is 26.0 Å². The van der Waals surface area contributed by atoms with E-state index in [0.29, 0.717) is 10.8 Å². The Morgan fingerprint density at radius 1 is 1.11 bits per heavy atom. The molecule has 8 atom stereocenters. The van der Waals surface area contributed by atoms with Crippen molar-refractivity contribution in [1.82, 2.24) is 0 Å². The largest absolute Gasteiger partial charge is 0.326 e. The number of allylic oxidation sites excluding steroid dienone is 2. The molecule has 0 saturated heterocycles. The quantitative estimate of drug-likeness (QED) is 0.503. The van der Waals surface area contributed by atoms with E-state index < -0.39 is 0 Å². The molecule has 0 spiro atoms. The third-order valence-electron chi connectivity index (χ3n) is 10.4. The van der Waals surface area contributed by atoms with Crippen LogP contribution in [0.3, 0.4) is 0 Å². The molecule has 0 radical (unpaired) electrons. The fraction of sp³-hybridized carbons (Fsp3) is 0.926. The summed E-state index contributed by atoms with van der Waals surface area (Å²) >= 11 is 0. The maximum Gasteiger partial charge on any atom is 0.00971 e. The minimum Gasteiger partial charge on any atom is -0.326 e. The Morgan fingerprint density at radius 3 is 2.57 bits per heavy atom. The second kappa shape index (κ2) is 7.14. The summed E-state index contributed by atoms with van der Waals surface area (Å²) in [6.45, 7) is 14.8. The molecule has 3 saturated carbocycles. The molecule has 3 fully saturated rings. The van der Waals surface area contributed by atoms with E-state index in [1.54, 1.807) is 0 Å². The molecule has 2 N–H and O–H groups in total. The highest BCUT2D eigenvalue weighted by Crippen LogP contribution is 2.67. The molecule has 0 heterocycles. The molecule has 4 rings (SSSR count). The predicted molar refractivity (Wildman–Crippen MR) is 121 cm³/mol. The molecule has 0 aliphatic heterocycles. The summed E-state index contributed by atoms with van der Waals surface area (Å²) in [6, 6.07) is 0. The van der Waals surface area contributed by atoms with Gasteiger partial charge in [0.1, 0.15) is 0 Å². The van der Waals surface area contributed by atoms with Gasteiger partial charge in [0.05, 0.1) is 0 Å². The summed E-state index contributed by atoms with van der Waals surface area (Å²) in [7, 11) is 0. The Hall–Kier alpha value is -0.300. The van der Waals surface area contributed by atoms with Crippen LogP contribution in [-0.4, -0.2) is 5.54 Å². The average molecular weight is 386 g/mol. The molecule has 1 heteroatoms. The monoisotopic (exact) mass is 385 g/mol. The van der Waals surface area contributed by atoms with E-state index in [0.717, 1.165) is 35.5 Å². The van der Waals surface area contributed by atoms with Crippen molar-refractivity contribution >= 4 is 0 Å². The molecular formula is C27H47N. The van der Waals surface area contributed by atoms with Crippen molar-refractivity contribution in [1.29, 1.82) is 0 Å². The maximum absolute atomic E-state index is 6.31. The van der Waals surface area contributed by atoms with Gasteiger partial charge in [0.15, 0.2) is 0 Å². The van der Waals surface area contributed by atoms with Gasteiger partial charge in [-0.05, 0) is 124 Å². The number of nitrogens with two attached hydrogens (primary N) is 1. The normalized spacial score (nSPS) is 47.0. The van der Waals surface area contributed by atoms with Gasteiger partial charge in [-0.15, -0.1) is 0 Å². The number of rotatable bonds is 4. The summed E-state index contributed by atoms with van der Waals surface area (Å²) in [5, 5.41) is 0. The first kappa shape index (κ1) is 21.0. The van der Waals surface area contributed by atoms with Crippen LogP contribution >= 0.6 is 0 Å². The first-order chi connectivity index (χ1) is 13.0. The first-order valence-corrected chi connectivity index (χ1v) is 12.5. The Bertz CT molecular complexity index is 612. The zero-order valence-electron chi connectivity index (χ0n) is 19.7. The smallest absolute Gasteiger partial charge is 0.00971 e. The lowest BCUT2D eigenvalue weighted by atomic mass is 9.46. The van der Waals surface area contributed by atoms with Crippen LogP contribution in [0.1, 0.15) is 106 Å². The van der Waals surface area contributed by atoms with Gasteiger partial charge < -0.3 is 5.73 Å². The SMILES string of the molecule is CC1CCC2(C)C(=CCC3C2CCC2(C)C(C(C)CCC(C)(C)N)CCC32)C1. The minimum atomic E-state index is -0.0118. The standard InChI is InChI=1S/C27H47N/c1-18-11-15-26(5)20(17-18)7-8-21-23-10-9-22(19(2)12-14-25(3,4)28)27(23,6)16-13-24(21)26/h7,18-19,21-24H,8-17,28H2,1-6H3. The minimum absolute atomic E-state index is 0.0118. The maximum atomic E-state index is 6.31. The van der Waals surface area contributed by atoms with E-state index >= 15 is 0 Å². The summed E-state index contributed by atoms with van der Waals surface area (Å²) < 4.78 is 0. The van der Waals surface area contributed by atoms with Gasteiger partial charge in [-0.2, -0.15) is 0 Å². The predicted octanol–water partition coefficient (Wildman–Crippen LogP) is 7.36. The van der Waals surface area contributed by atoms with E-state index in [1.807, 2.05) is 5.57 Å². The summed E-state index contributed by atoms with van der Waals surface area (Å²) in [5.41, 5.74) is 9.27. The van der Waals surface area contributed by atoms with Crippen LogP contribution in [0.2, 0.25) is 0 Å². The lowest BCUT2D eigenvalue weighted by Gasteiger charge is -2.58. The van der Waals surface area contributed by atoms with Crippen molar-refractivity contribution in [2.75, 3.05) is 0 Å². The van der Waals surface area contributed by atoms with E-state index in [2.05, 4.69) is 47.6 Å².